The summed E-state index contributed by atoms with van der Waals surface area (Å²) in [6.45, 7) is 6.09. The molecule has 0 spiro atoms. The maximum Gasteiger partial charge on any atom is 0.274 e. The summed E-state index contributed by atoms with van der Waals surface area (Å²) in [5.41, 5.74) is 3.14. The van der Waals surface area contributed by atoms with Gasteiger partial charge in [-0.1, -0.05) is 12.8 Å². The second-order valence-electron chi connectivity index (χ2n) is 8.14. The van der Waals surface area contributed by atoms with Crippen molar-refractivity contribution in [2.75, 3.05) is 48.8 Å². The largest absolute Gasteiger partial charge is 0.369 e. The predicted molar refractivity (Wildman–Crippen MR) is 117 cm³/mol. The topological polar surface area (TPSA) is 73.4 Å². The standard InChI is InChI=1S/C22H30N6O/c1-16-15-20(26-22(23-16)25-17-5-3-4-6-17)21(29)24-18-7-9-19(10-8-18)28-13-11-27(2)12-14-28/h7-10,15,17H,3-6,11-14H2,1-2H3,(H,24,29)(H,23,25,26). The number of nitrogens with zero attached hydrogens (tertiary/aromatic N) is 4. The number of aromatic nitrogens is 2. The van der Waals surface area contributed by atoms with Gasteiger partial charge in [-0.3, -0.25) is 4.79 Å². The van der Waals surface area contributed by atoms with E-state index in [4.69, 9.17) is 0 Å². The van der Waals surface area contributed by atoms with Crippen molar-refractivity contribution < 1.29 is 4.79 Å². The molecule has 0 unspecified atom stereocenters. The molecule has 1 amide bonds. The number of carbonyl (C=O) groups is 1. The number of amides is 1. The fraction of sp³-hybridized carbons (Fsp3) is 0.500. The number of carbonyl (C=O) groups excluding carboxylic acids is 1. The number of anilines is 3. The first-order valence-electron chi connectivity index (χ1n) is 10.5. The van der Waals surface area contributed by atoms with Crippen molar-refractivity contribution in [3.8, 4) is 0 Å². The van der Waals surface area contributed by atoms with Gasteiger partial charge in [-0.25, -0.2) is 9.97 Å². The molecule has 29 heavy (non-hydrogen) atoms. The number of likely N-dealkylation sites (N-methyl/N-ethyl adjacent to an activating group) is 1. The number of nitrogens with one attached hydrogen (secondary N) is 2. The van der Waals surface area contributed by atoms with Gasteiger partial charge in [-0.15, -0.1) is 0 Å². The molecule has 7 heteroatoms. The molecule has 1 aliphatic heterocycles. The normalized spacial score (nSPS) is 18.1. The van der Waals surface area contributed by atoms with E-state index in [1.165, 1.54) is 18.5 Å². The summed E-state index contributed by atoms with van der Waals surface area (Å²) >= 11 is 0. The Morgan fingerprint density at radius 1 is 1.03 bits per heavy atom. The maximum atomic E-state index is 12.7. The molecule has 1 saturated heterocycles. The second kappa shape index (κ2) is 8.78. The Morgan fingerprint density at radius 2 is 1.72 bits per heavy atom. The highest BCUT2D eigenvalue weighted by atomic mass is 16.1. The van der Waals surface area contributed by atoms with Gasteiger partial charge < -0.3 is 20.4 Å². The van der Waals surface area contributed by atoms with Crippen LogP contribution >= 0.6 is 0 Å². The lowest BCUT2D eigenvalue weighted by Gasteiger charge is -2.34. The van der Waals surface area contributed by atoms with Crippen LogP contribution in [0.3, 0.4) is 0 Å². The summed E-state index contributed by atoms with van der Waals surface area (Å²) in [7, 11) is 2.15. The first kappa shape index (κ1) is 19.6. The highest BCUT2D eigenvalue weighted by Gasteiger charge is 2.18. The number of benzene rings is 1. The van der Waals surface area contributed by atoms with E-state index >= 15 is 0 Å². The first-order valence-corrected chi connectivity index (χ1v) is 10.5. The molecule has 2 aliphatic rings. The van der Waals surface area contributed by atoms with Gasteiger partial charge in [-0.05, 0) is 57.1 Å². The summed E-state index contributed by atoms with van der Waals surface area (Å²) in [5.74, 6) is 0.338. The molecule has 1 aromatic carbocycles. The monoisotopic (exact) mass is 394 g/mol. The lowest BCUT2D eigenvalue weighted by atomic mass is 10.2. The van der Waals surface area contributed by atoms with E-state index in [0.29, 0.717) is 17.7 Å². The van der Waals surface area contributed by atoms with E-state index in [-0.39, 0.29) is 5.91 Å². The van der Waals surface area contributed by atoms with Gasteiger partial charge in [0.25, 0.3) is 5.91 Å². The highest BCUT2D eigenvalue weighted by Crippen LogP contribution is 2.22. The molecule has 0 radical (unpaired) electrons. The Bertz CT molecular complexity index is 839. The SMILES string of the molecule is Cc1cc(C(=O)Nc2ccc(N3CCN(C)CC3)cc2)nc(NC2CCCC2)n1. The molecule has 2 fully saturated rings. The molecule has 0 bridgehead atoms. The fourth-order valence-electron chi connectivity index (χ4n) is 4.02. The van der Waals surface area contributed by atoms with E-state index in [1.807, 2.05) is 19.1 Å². The molecule has 154 valence electrons. The Balaban J connectivity index is 1.40. The quantitative estimate of drug-likeness (QED) is 0.812. The second-order valence-corrected chi connectivity index (χ2v) is 8.14. The van der Waals surface area contributed by atoms with Crippen molar-refractivity contribution in [3.63, 3.8) is 0 Å². The van der Waals surface area contributed by atoms with Gasteiger partial charge in [-0.2, -0.15) is 0 Å². The molecule has 7 nitrogen and oxygen atoms in total. The zero-order valence-corrected chi connectivity index (χ0v) is 17.3. The Morgan fingerprint density at radius 3 is 2.41 bits per heavy atom. The van der Waals surface area contributed by atoms with Crippen molar-refractivity contribution in [2.45, 2.75) is 38.6 Å². The third kappa shape index (κ3) is 5.03. The summed E-state index contributed by atoms with van der Waals surface area (Å²) in [4.78, 5) is 26.3. The molecular formula is C22H30N6O. The van der Waals surface area contributed by atoms with Crippen LogP contribution in [0.1, 0.15) is 41.9 Å². The fourth-order valence-corrected chi connectivity index (χ4v) is 4.02. The van der Waals surface area contributed by atoms with Crippen LogP contribution < -0.4 is 15.5 Å². The van der Waals surface area contributed by atoms with Crippen molar-refractivity contribution in [3.05, 3.63) is 41.7 Å². The maximum absolute atomic E-state index is 12.7. The number of hydrogen-bond acceptors (Lipinski definition) is 6. The van der Waals surface area contributed by atoms with Crippen molar-refractivity contribution >= 4 is 23.2 Å². The molecule has 2 heterocycles. The van der Waals surface area contributed by atoms with E-state index < -0.39 is 0 Å². The molecule has 2 N–H and O–H groups in total. The number of piperazine rings is 1. The number of rotatable bonds is 5. The average molecular weight is 395 g/mol. The molecule has 4 rings (SSSR count). The number of aryl methyl sites for hydroxylation is 1. The van der Waals surface area contributed by atoms with E-state index in [0.717, 1.165) is 50.4 Å². The minimum absolute atomic E-state index is 0.211. The van der Waals surface area contributed by atoms with Crippen LogP contribution in [0.15, 0.2) is 30.3 Å². The van der Waals surface area contributed by atoms with Crippen LogP contribution in [0.2, 0.25) is 0 Å². The minimum atomic E-state index is -0.211. The summed E-state index contributed by atoms with van der Waals surface area (Å²) in [5, 5.41) is 6.34. The van der Waals surface area contributed by atoms with Gasteiger partial charge in [0, 0.05) is 49.3 Å². The molecule has 2 aromatic rings. The van der Waals surface area contributed by atoms with Gasteiger partial charge in [0.1, 0.15) is 5.69 Å². The van der Waals surface area contributed by atoms with Crippen LogP contribution in [0.25, 0.3) is 0 Å². The summed E-state index contributed by atoms with van der Waals surface area (Å²) in [6.07, 6.45) is 4.75. The zero-order chi connectivity index (χ0) is 20.2. The molecule has 1 aromatic heterocycles. The van der Waals surface area contributed by atoms with Crippen molar-refractivity contribution in [1.29, 1.82) is 0 Å². The van der Waals surface area contributed by atoms with Crippen LogP contribution in [-0.2, 0) is 0 Å². The Hall–Kier alpha value is -2.67. The highest BCUT2D eigenvalue weighted by molar-refractivity contribution is 6.03. The predicted octanol–water partition coefficient (Wildman–Crippen LogP) is 3.14. The molecule has 1 aliphatic carbocycles. The molecule has 0 atom stereocenters. The molecule has 1 saturated carbocycles. The van der Waals surface area contributed by atoms with Crippen molar-refractivity contribution in [1.82, 2.24) is 14.9 Å². The average Bonchev–Trinajstić information content (AvgIpc) is 3.22. The Kier molecular flexibility index (Phi) is 5.94. The lowest BCUT2D eigenvalue weighted by molar-refractivity contribution is 0.102. The van der Waals surface area contributed by atoms with Crippen LogP contribution in [0.5, 0.6) is 0 Å². The zero-order valence-electron chi connectivity index (χ0n) is 17.3. The third-order valence-corrected chi connectivity index (χ3v) is 5.77. The van der Waals surface area contributed by atoms with Gasteiger partial charge in [0.2, 0.25) is 5.95 Å². The van der Waals surface area contributed by atoms with Gasteiger partial charge >= 0.3 is 0 Å². The minimum Gasteiger partial charge on any atom is -0.369 e. The van der Waals surface area contributed by atoms with Crippen LogP contribution in [-0.4, -0.2) is 60.0 Å². The lowest BCUT2D eigenvalue weighted by Crippen LogP contribution is -2.44. The van der Waals surface area contributed by atoms with Crippen LogP contribution in [0.4, 0.5) is 17.3 Å². The van der Waals surface area contributed by atoms with Crippen molar-refractivity contribution in [2.24, 2.45) is 0 Å². The smallest absolute Gasteiger partial charge is 0.274 e. The van der Waals surface area contributed by atoms with Crippen LogP contribution in [0, 0.1) is 6.92 Å². The van der Waals surface area contributed by atoms with Gasteiger partial charge in [0.15, 0.2) is 0 Å². The Labute approximate surface area is 172 Å². The number of hydrogen-bond donors (Lipinski definition) is 2. The summed E-state index contributed by atoms with van der Waals surface area (Å²) in [6, 6.07) is 10.2. The first-order chi connectivity index (χ1) is 14.1. The third-order valence-electron chi connectivity index (χ3n) is 5.77. The summed E-state index contributed by atoms with van der Waals surface area (Å²) < 4.78 is 0. The van der Waals surface area contributed by atoms with E-state index in [1.54, 1.807) is 6.07 Å². The van der Waals surface area contributed by atoms with E-state index in [2.05, 4.69) is 49.6 Å². The molecular weight excluding hydrogens is 364 g/mol. The van der Waals surface area contributed by atoms with E-state index in [9.17, 15) is 4.79 Å². The van der Waals surface area contributed by atoms with Gasteiger partial charge in [0.05, 0.1) is 0 Å².